The first-order valence-electron chi connectivity index (χ1n) is 49.7. The van der Waals surface area contributed by atoms with Gasteiger partial charge in [-0.15, -0.1) is 15.3 Å². The van der Waals surface area contributed by atoms with Gasteiger partial charge in [-0.25, -0.2) is 57.1 Å². The van der Waals surface area contributed by atoms with Crippen molar-refractivity contribution in [3.63, 3.8) is 0 Å². The zero-order chi connectivity index (χ0) is 107. The number of nitrogens with zero attached hydrogens (tertiary/aromatic N) is 15. The number of aliphatic hydroxyl groups excluding tert-OH is 1. The Morgan fingerprint density at radius 1 is 0.481 bits per heavy atom. The molecule has 0 unspecified atom stereocenters. The molecule has 6 fully saturated rings. The van der Waals surface area contributed by atoms with Crippen LogP contribution in [0.1, 0.15) is 194 Å². The van der Waals surface area contributed by atoms with Crippen molar-refractivity contribution in [3.8, 4) is 0 Å². The number of halogens is 3. The highest BCUT2D eigenvalue weighted by Gasteiger charge is 2.49. The molecule has 6 heterocycles. The second-order valence-electron chi connectivity index (χ2n) is 24.2. The average Bonchev–Trinajstić information content (AvgIpc) is 1.49. The Balaban J connectivity index is 0.000000179. The van der Waals surface area contributed by atoms with Gasteiger partial charge in [-0.05, 0) is 111 Å². The molecule has 9 aromatic rings. The number of benzene rings is 3. The molecule has 6 aromatic heterocycles. The van der Waals surface area contributed by atoms with E-state index in [1.54, 1.807) is 57.2 Å². The summed E-state index contributed by atoms with van der Waals surface area (Å²) in [4.78, 5) is 25.2. The van der Waals surface area contributed by atoms with Crippen molar-refractivity contribution in [1.29, 1.82) is 0 Å². The van der Waals surface area contributed by atoms with Gasteiger partial charge < -0.3 is 76.1 Å². The number of ether oxygens (including phenoxy) is 3. The Labute approximate surface area is 681 Å². The molecule has 108 heavy (non-hydrogen) atoms. The Morgan fingerprint density at radius 2 is 0.824 bits per heavy atom. The Morgan fingerprint density at radius 3 is 1.14 bits per heavy atom. The summed E-state index contributed by atoms with van der Waals surface area (Å²) in [5.41, 5.74) is -6.86. The van der Waals surface area contributed by atoms with E-state index in [9.17, 15) is 59.1 Å². The minimum absolute atomic E-state index is 0.0364. The average molecular weight is 1590 g/mol. The lowest BCUT2D eigenvalue weighted by molar-refractivity contribution is -0.0629. The summed E-state index contributed by atoms with van der Waals surface area (Å²) in [5, 5.41) is 125. The predicted molar refractivity (Wildman–Crippen MR) is 398 cm³/mol. The third-order valence-electron chi connectivity index (χ3n) is 17.0. The quantitative estimate of drug-likeness (QED) is 0.0168. The van der Waals surface area contributed by atoms with E-state index in [1.807, 2.05) is 0 Å². The first-order chi connectivity index (χ1) is 64.3. The molecule has 0 radical (unpaired) electrons. The number of anilines is 3. The Hall–Kier alpha value is -7.14. The van der Waals surface area contributed by atoms with Gasteiger partial charge in [0.2, 0.25) is 0 Å². The van der Waals surface area contributed by atoms with Crippen LogP contribution in [0.25, 0.3) is 33.5 Å². The molecular weight excluding hydrogens is 1460 g/mol. The molecule has 6 aliphatic rings. The van der Waals surface area contributed by atoms with E-state index in [-0.39, 0.29) is 113 Å². The molecule has 0 aliphatic heterocycles. The van der Waals surface area contributed by atoms with Crippen LogP contribution in [0.4, 0.5) is 30.6 Å². The number of aryl methyl sites for hydroxylation is 3. The highest BCUT2D eigenvalue weighted by Crippen LogP contribution is 2.48. The van der Waals surface area contributed by atoms with Crippen LogP contribution in [0.2, 0.25) is 0 Å². The first kappa shape index (κ1) is 46.6. The van der Waals surface area contributed by atoms with Crippen LogP contribution in [0, 0.1) is 38.2 Å². The van der Waals surface area contributed by atoms with E-state index in [2.05, 4.69) is 81.5 Å². The van der Waals surface area contributed by atoms with Crippen molar-refractivity contribution in [2.24, 2.45) is 0 Å². The Kier molecular flexibility index (Phi) is 15.1. The predicted octanol–water partition coefficient (Wildman–Crippen LogP) is 6.55. The number of aromatic nitrogens is 15. The summed E-state index contributed by atoms with van der Waals surface area (Å²) < 4.78 is 339. The number of hydrogen-bond donors (Lipinski definition) is 12. The summed E-state index contributed by atoms with van der Waals surface area (Å²) in [5.74, 6) is -2.33. The number of hydrogen-bond acceptors (Lipinski definition) is 30. The maximum Gasteiger partial charge on any atom is 0.191 e. The van der Waals surface area contributed by atoms with Gasteiger partial charge in [0.25, 0.3) is 0 Å². The molecule has 30 nitrogen and oxygen atoms in total. The fourth-order valence-electron chi connectivity index (χ4n) is 11.2. The van der Waals surface area contributed by atoms with Gasteiger partial charge in [0.05, 0.1) is 100 Å². The molecule has 0 spiro atoms. The van der Waals surface area contributed by atoms with Crippen molar-refractivity contribution in [1.82, 2.24) is 74.9 Å². The summed E-state index contributed by atoms with van der Waals surface area (Å²) in [6.07, 6.45) is -51.1. The third kappa shape index (κ3) is 17.5. The number of thioether (sulfide) groups is 3. The standard InChI is InChI=1S/3C24H31FN6O4S/c3*1-3-8-36-24-27-22(26-16-10-14(16)13-5-4-12(2)15(25)9-13)19-23(28-24)31(30-29-19)17-11-18(35-7-6-32)21(34)20(17)33/h3*4-5,9,14,16-18,20-21,32-34H,3,6-8,10-11H2,1-2H3,(H,26,27,28)/t3*14-,16+,17+,18-,20-,21+/m000/s1/i6D2,7D2,8D2,11D2,17D,18D,20D,21D;3D2,6D2,8D2,11D2,17D,18D,20D,21D;3D2,8D2,11D2,17D,18D,20D,21D. The van der Waals surface area contributed by atoms with Gasteiger partial charge in [0.1, 0.15) is 53.9 Å². The molecule has 0 bridgehead atoms. The SMILES string of the molecule is [2H]C([2H])(C)C([2H])([2H])Sc1nc(N[C@@H]2C[C@H]2c2ccc(C)c(F)c2)c2nnn([C@]3([2H])C([2H])([2H])[C@]([2H])(OCCO)[C@@]([2H])(O)[C@@]3([2H])O)c2n1.[2H]C([2H])(CC)Sc1nc(N[C@@H]2C[C@H]2c2ccc(C)c(F)c2)c2nnn([C@]3([2H])C([2H])([2H])[C@]([2H])(OC([2H])([2H])C([2H])([2H])O)[C@@]([2H])(O)[C@@]3([2H])O)c2n1.[2H]C([2H])(O)CO[C@@]1([2H])C([2H])([2H])[C@@]([2H])(n2nnc3c(N[C@@H]4C[C@H]4c4ccc(C)c(F)c4)nc(SC([2H])([2H])C([2H])([2H])C)nc32)[C@]([2H])(O)[C@]1([2H])O. The zero-order valence-electron chi connectivity index (χ0n) is 91.4. The van der Waals surface area contributed by atoms with E-state index >= 15 is 0 Å². The van der Waals surface area contributed by atoms with Crippen LogP contribution in [-0.4, -0.2) is 250 Å². The van der Waals surface area contributed by atoms with Crippen LogP contribution in [0.15, 0.2) is 70.1 Å². The molecule has 6 aliphatic carbocycles. The Bertz CT molecular complexity index is 6380. The van der Waals surface area contributed by atoms with E-state index in [1.165, 1.54) is 25.1 Å². The van der Waals surface area contributed by atoms with Crippen LogP contribution in [0.5, 0.6) is 0 Å². The summed E-state index contributed by atoms with van der Waals surface area (Å²) in [6.45, 7) is -6.07. The molecule has 12 N–H and O–H groups in total. The van der Waals surface area contributed by atoms with E-state index in [4.69, 9.17) is 56.1 Å². The van der Waals surface area contributed by atoms with Crippen molar-refractivity contribution in [3.05, 3.63) is 105 Å². The molecule has 36 heteroatoms. The van der Waals surface area contributed by atoms with Gasteiger partial charge in [0, 0.05) is 94.0 Å². The minimum Gasteiger partial charge on any atom is -0.394 e. The van der Waals surface area contributed by atoms with Gasteiger partial charge >= 0.3 is 0 Å². The molecule has 3 aromatic carbocycles. The summed E-state index contributed by atoms with van der Waals surface area (Å²) in [7, 11) is 0. The fourth-order valence-corrected chi connectivity index (χ4v) is 12.7. The third-order valence-corrected chi connectivity index (χ3v) is 19.1. The van der Waals surface area contributed by atoms with E-state index in [0.717, 1.165) is 13.8 Å². The zero-order valence-corrected chi connectivity index (χ0v) is 59.9. The smallest absolute Gasteiger partial charge is 0.191 e. The molecule has 6 saturated carbocycles. The van der Waals surface area contributed by atoms with Crippen molar-refractivity contribution >= 4 is 86.2 Å². The highest BCUT2D eigenvalue weighted by molar-refractivity contribution is 7.99. The maximum absolute atomic E-state index is 14.3. The van der Waals surface area contributed by atoms with Crippen LogP contribution >= 0.6 is 35.3 Å². The van der Waals surface area contributed by atoms with Crippen LogP contribution < -0.4 is 16.0 Å². The van der Waals surface area contributed by atoms with Crippen molar-refractivity contribution in [2.75, 3.05) is 72.6 Å². The fraction of sp³-hybridized carbons (Fsp3) is 0.583. The number of fused-ring (bicyclic) bond motifs is 3. The molecule has 18 atom stereocenters. The molecular formula is C72H93F3N18O12S3. The second kappa shape index (κ2) is 35.1. The summed E-state index contributed by atoms with van der Waals surface area (Å²) >= 11 is 0.929. The highest BCUT2D eigenvalue weighted by atomic mass is 32.2. The number of nitrogens with one attached hydrogen (secondary N) is 3. The van der Waals surface area contributed by atoms with E-state index < -0.39 is 212 Å². The normalized spacial score (nSPS) is 42.9. The lowest BCUT2D eigenvalue weighted by Crippen LogP contribution is -2.33. The van der Waals surface area contributed by atoms with Gasteiger partial charge in [-0.3, -0.25) is 0 Å². The second-order valence-corrected chi connectivity index (χ2v) is 26.6. The monoisotopic (exact) mass is 1590 g/mol. The van der Waals surface area contributed by atoms with Gasteiger partial charge in [-0.1, -0.05) is 108 Å². The van der Waals surface area contributed by atoms with Gasteiger partial charge in [-0.2, -0.15) is 0 Å². The molecule has 582 valence electrons. The largest absolute Gasteiger partial charge is 0.394 e. The molecule has 15 rings (SSSR count). The van der Waals surface area contributed by atoms with Gasteiger partial charge in [0.15, 0.2) is 66.4 Å². The minimum atomic E-state index is -4.29. The lowest BCUT2D eigenvalue weighted by Gasteiger charge is -2.17. The number of aliphatic hydroxyl groups is 9. The maximum atomic E-state index is 14.3. The van der Waals surface area contributed by atoms with Crippen LogP contribution in [-0.2, 0) is 14.2 Å². The van der Waals surface area contributed by atoms with E-state index in [0.29, 0.717) is 64.4 Å². The summed E-state index contributed by atoms with van der Waals surface area (Å²) in [6, 6.07) is 1.84. The molecule has 0 amide bonds. The molecule has 0 saturated heterocycles. The number of rotatable bonds is 30. The first-order valence-corrected chi connectivity index (χ1v) is 35.2. The lowest BCUT2D eigenvalue weighted by atomic mass is 10.1. The topological polar surface area (TPSA) is 415 Å². The van der Waals surface area contributed by atoms with Crippen molar-refractivity contribution < 1.29 is 120 Å². The van der Waals surface area contributed by atoms with Crippen molar-refractivity contribution in [2.45, 2.75) is 223 Å². The van der Waals surface area contributed by atoms with Crippen LogP contribution in [0.3, 0.4) is 0 Å².